The maximum atomic E-state index is 4.72. The molecule has 1 aliphatic rings. The summed E-state index contributed by atoms with van der Waals surface area (Å²) in [6.45, 7) is 10.7. The van der Waals surface area contributed by atoms with Crippen LogP contribution < -0.4 is 0 Å². The van der Waals surface area contributed by atoms with E-state index in [2.05, 4.69) is 59.4 Å². The number of fused-ring (bicyclic) bond motifs is 1. The lowest BCUT2D eigenvalue weighted by atomic mass is 10.1. The Balaban J connectivity index is 1.73. The van der Waals surface area contributed by atoms with E-state index < -0.39 is 0 Å². The average Bonchev–Trinajstić information content (AvgIpc) is 2.95. The molecule has 0 saturated heterocycles. The van der Waals surface area contributed by atoms with Gasteiger partial charge in [0.05, 0.1) is 11.7 Å². The van der Waals surface area contributed by atoms with Gasteiger partial charge in [0.1, 0.15) is 5.82 Å². The summed E-state index contributed by atoms with van der Waals surface area (Å²) in [5.74, 6) is 1.19. The third-order valence-electron chi connectivity index (χ3n) is 4.90. The summed E-state index contributed by atoms with van der Waals surface area (Å²) in [5, 5.41) is 0. The highest BCUT2D eigenvalue weighted by Gasteiger charge is 2.27. The smallest absolute Gasteiger partial charge is 0.126 e. The molecule has 2 aromatic rings. The zero-order valence-electron chi connectivity index (χ0n) is 14.6. The van der Waals surface area contributed by atoms with Gasteiger partial charge in [-0.05, 0) is 39.4 Å². The van der Waals surface area contributed by atoms with Crippen LogP contribution in [0.2, 0.25) is 0 Å². The molecule has 3 heterocycles. The topological polar surface area (TPSA) is 37.2 Å². The van der Waals surface area contributed by atoms with Crippen LogP contribution in [0.25, 0.3) is 0 Å². The lowest BCUT2D eigenvalue weighted by Gasteiger charge is -2.34. The van der Waals surface area contributed by atoms with E-state index in [0.717, 1.165) is 26.2 Å². The fourth-order valence-electron chi connectivity index (χ4n) is 3.11. The Kier molecular flexibility index (Phi) is 4.78. The van der Waals surface area contributed by atoms with E-state index in [-0.39, 0.29) is 0 Å². The zero-order chi connectivity index (χ0) is 16.4. The molecule has 0 amide bonds. The van der Waals surface area contributed by atoms with E-state index in [0.29, 0.717) is 12.1 Å². The van der Waals surface area contributed by atoms with Crippen LogP contribution in [0.4, 0.5) is 0 Å². The molecule has 0 spiro atoms. The van der Waals surface area contributed by atoms with Crippen molar-refractivity contribution in [1.29, 1.82) is 0 Å². The van der Waals surface area contributed by atoms with Crippen LogP contribution in [0.5, 0.6) is 0 Å². The molecule has 5 nitrogen and oxygen atoms in total. The molecule has 0 fully saturated rings. The predicted octanol–water partition coefficient (Wildman–Crippen LogP) is 2.70. The molecule has 2 aromatic heterocycles. The molecule has 0 aromatic carbocycles. The summed E-state index contributed by atoms with van der Waals surface area (Å²) in [6, 6.07) is 5.03. The van der Waals surface area contributed by atoms with E-state index in [1.54, 1.807) is 0 Å². The lowest BCUT2D eigenvalue weighted by Crippen LogP contribution is -2.37. The van der Waals surface area contributed by atoms with E-state index in [1.165, 1.54) is 17.1 Å². The molecular formula is C18H27N5. The highest BCUT2D eigenvalue weighted by molar-refractivity contribution is 5.13. The predicted molar refractivity (Wildman–Crippen MR) is 91.9 cm³/mol. The van der Waals surface area contributed by atoms with Crippen LogP contribution in [-0.2, 0) is 19.6 Å². The Hall–Kier alpha value is -1.72. The van der Waals surface area contributed by atoms with Gasteiger partial charge in [-0.3, -0.25) is 14.8 Å². The van der Waals surface area contributed by atoms with Gasteiger partial charge in [-0.25, -0.2) is 4.98 Å². The summed E-state index contributed by atoms with van der Waals surface area (Å²) >= 11 is 0. The van der Waals surface area contributed by atoms with Crippen molar-refractivity contribution >= 4 is 0 Å². The standard InChI is InChI=1S/C18H27N5/c1-14(2)21(4)13-17-11-20-18-15(3)22(8-9-23(17)18)12-16-6-5-7-19-10-16/h5-7,10-11,14-15H,8-9,12-13H2,1-4H3. The Morgan fingerprint density at radius 1 is 1.30 bits per heavy atom. The second-order valence-electron chi connectivity index (χ2n) is 6.78. The molecule has 0 saturated carbocycles. The summed E-state index contributed by atoms with van der Waals surface area (Å²) in [5.41, 5.74) is 2.59. The van der Waals surface area contributed by atoms with Gasteiger partial charge in [0.15, 0.2) is 0 Å². The van der Waals surface area contributed by atoms with Crippen molar-refractivity contribution in [2.24, 2.45) is 0 Å². The maximum absolute atomic E-state index is 4.72. The number of pyridine rings is 1. The van der Waals surface area contributed by atoms with Crippen LogP contribution in [0.1, 0.15) is 43.9 Å². The summed E-state index contributed by atoms with van der Waals surface area (Å²) in [6.07, 6.45) is 5.84. The SMILES string of the molecule is CC(C)N(C)Cc1cnc2n1CCN(Cc1cccnc1)C2C. The number of hydrogen-bond donors (Lipinski definition) is 0. The molecule has 0 radical (unpaired) electrons. The number of hydrogen-bond acceptors (Lipinski definition) is 4. The van der Waals surface area contributed by atoms with E-state index in [9.17, 15) is 0 Å². The molecule has 0 aliphatic carbocycles. The Morgan fingerprint density at radius 3 is 2.83 bits per heavy atom. The average molecular weight is 313 g/mol. The van der Waals surface area contributed by atoms with Crippen LogP contribution in [0, 0.1) is 0 Å². The summed E-state index contributed by atoms with van der Waals surface area (Å²) in [7, 11) is 2.17. The number of rotatable bonds is 5. The van der Waals surface area contributed by atoms with E-state index in [4.69, 9.17) is 4.98 Å². The van der Waals surface area contributed by atoms with Crippen molar-refractivity contribution in [1.82, 2.24) is 24.3 Å². The molecular weight excluding hydrogens is 286 g/mol. The van der Waals surface area contributed by atoms with Gasteiger partial charge >= 0.3 is 0 Å². The minimum atomic E-state index is 0.335. The molecule has 1 aliphatic heterocycles. The largest absolute Gasteiger partial charge is 0.328 e. The second-order valence-corrected chi connectivity index (χ2v) is 6.78. The first-order valence-electron chi connectivity index (χ1n) is 8.43. The molecule has 23 heavy (non-hydrogen) atoms. The first-order chi connectivity index (χ1) is 11.1. The van der Waals surface area contributed by atoms with Crippen LogP contribution in [-0.4, -0.2) is 44.0 Å². The van der Waals surface area contributed by atoms with Gasteiger partial charge in [-0.2, -0.15) is 0 Å². The van der Waals surface area contributed by atoms with E-state index in [1.807, 2.05) is 18.5 Å². The van der Waals surface area contributed by atoms with Crippen molar-refractivity contribution in [2.75, 3.05) is 13.6 Å². The van der Waals surface area contributed by atoms with Crippen molar-refractivity contribution in [3.8, 4) is 0 Å². The van der Waals surface area contributed by atoms with Crippen molar-refractivity contribution in [2.45, 2.75) is 52.5 Å². The van der Waals surface area contributed by atoms with Gasteiger partial charge < -0.3 is 4.57 Å². The fraction of sp³-hybridized carbons (Fsp3) is 0.556. The fourth-order valence-corrected chi connectivity index (χ4v) is 3.11. The van der Waals surface area contributed by atoms with Crippen LogP contribution in [0.15, 0.2) is 30.7 Å². The minimum absolute atomic E-state index is 0.335. The summed E-state index contributed by atoms with van der Waals surface area (Å²) < 4.78 is 2.41. The number of imidazole rings is 1. The molecule has 1 atom stereocenters. The normalized spacial score (nSPS) is 18.6. The molecule has 0 N–H and O–H groups in total. The Morgan fingerprint density at radius 2 is 2.13 bits per heavy atom. The molecule has 1 unspecified atom stereocenters. The van der Waals surface area contributed by atoms with Gasteiger partial charge in [-0.1, -0.05) is 6.07 Å². The van der Waals surface area contributed by atoms with Crippen molar-refractivity contribution in [3.05, 3.63) is 47.8 Å². The first-order valence-corrected chi connectivity index (χ1v) is 8.43. The third-order valence-corrected chi connectivity index (χ3v) is 4.90. The zero-order valence-corrected chi connectivity index (χ0v) is 14.6. The monoisotopic (exact) mass is 313 g/mol. The van der Waals surface area contributed by atoms with Crippen LogP contribution in [0.3, 0.4) is 0 Å². The van der Waals surface area contributed by atoms with Crippen molar-refractivity contribution in [3.63, 3.8) is 0 Å². The minimum Gasteiger partial charge on any atom is -0.328 e. The molecule has 5 heteroatoms. The van der Waals surface area contributed by atoms with Gasteiger partial charge in [0, 0.05) is 50.8 Å². The molecule has 3 rings (SSSR count). The maximum Gasteiger partial charge on any atom is 0.126 e. The van der Waals surface area contributed by atoms with Gasteiger partial charge in [0.2, 0.25) is 0 Å². The Bertz CT molecular complexity index is 634. The molecule has 0 bridgehead atoms. The van der Waals surface area contributed by atoms with Gasteiger partial charge in [-0.15, -0.1) is 0 Å². The summed E-state index contributed by atoms with van der Waals surface area (Å²) in [4.78, 5) is 13.8. The lowest BCUT2D eigenvalue weighted by molar-refractivity contribution is 0.152. The first kappa shape index (κ1) is 16.1. The van der Waals surface area contributed by atoms with Crippen LogP contribution >= 0.6 is 0 Å². The quantitative estimate of drug-likeness (QED) is 0.850. The molecule has 124 valence electrons. The van der Waals surface area contributed by atoms with Gasteiger partial charge in [0.25, 0.3) is 0 Å². The van der Waals surface area contributed by atoms with Crippen molar-refractivity contribution < 1.29 is 0 Å². The number of aromatic nitrogens is 3. The number of nitrogens with zero attached hydrogens (tertiary/aromatic N) is 5. The Labute approximate surface area is 139 Å². The van der Waals surface area contributed by atoms with E-state index >= 15 is 0 Å². The second kappa shape index (κ2) is 6.81. The third kappa shape index (κ3) is 3.46. The highest BCUT2D eigenvalue weighted by atomic mass is 15.3. The highest BCUT2D eigenvalue weighted by Crippen LogP contribution is 2.27.